The molecular formula is C34H46O5. The third-order valence-electron chi connectivity index (χ3n) is 7.62. The van der Waals surface area contributed by atoms with Crippen LogP contribution in [0.15, 0.2) is 60.7 Å². The third-order valence-corrected chi connectivity index (χ3v) is 7.62. The average Bonchev–Trinajstić information content (AvgIpc) is 2.96. The fourth-order valence-electron chi connectivity index (χ4n) is 4.80. The van der Waals surface area contributed by atoms with Crippen LogP contribution in [-0.2, 0) is 4.79 Å². The van der Waals surface area contributed by atoms with Crippen molar-refractivity contribution < 1.29 is 23.8 Å². The molecule has 0 aliphatic heterocycles. The van der Waals surface area contributed by atoms with Crippen LogP contribution in [0.2, 0.25) is 0 Å². The Morgan fingerprint density at radius 2 is 1.49 bits per heavy atom. The second-order valence-electron chi connectivity index (χ2n) is 10.8. The maximum atomic E-state index is 12.6. The van der Waals surface area contributed by atoms with Crippen LogP contribution in [0.25, 0.3) is 0 Å². The van der Waals surface area contributed by atoms with Gasteiger partial charge in [0.2, 0.25) is 0 Å². The molecule has 1 aliphatic rings. The fourth-order valence-corrected chi connectivity index (χ4v) is 4.80. The van der Waals surface area contributed by atoms with Gasteiger partial charge in [0.1, 0.15) is 17.2 Å². The lowest BCUT2D eigenvalue weighted by atomic mass is 9.82. The molecule has 2 aromatic carbocycles. The number of benzene rings is 2. The first-order chi connectivity index (χ1) is 19.0. The molecule has 0 bridgehead atoms. The summed E-state index contributed by atoms with van der Waals surface area (Å²) in [5.74, 6) is 2.31. The van der Waals surface area contributed by atoms with Gasteiger partial charge in [-0.25, -0.2) is 4.79 Å². The van der Waals surface area contributed by atoms with Gasteiger partial charge in [0, 0.05) is 0 Å². The molecule has 0 unspecified atom stereocenters. The number of hydrogen-bond acceptors (Lipinski definition) is 5. The molecule has 1 saturated carbocycles. The lowest BCUT2D eigenvalue weighted by Crippen LogP contribution is -2.25. The first-order valence-corrected chi connectivity index (χ1v) is 14.9. The summed E-state index contributed by atoms with van der Waals surface area (Å²) in [4.78, 5) is 25.2. The number of ether oxygens (including phenoxy) is 3. The van der Waals surface area contributed by atoms with Gasteiger partial charge in [-0.05, 0) is 98.9 Å². The number of allylic oxidation sites excluding steroid dienone is 2. The molecular weight excluding hydrogens is 488 g/mol. The zero-order valence-electron chi connectivity index (χ0n) is 24.0. The van der Waals surface area contributed by atoms with Crippen LogP contribution in [0.1, 0.15) is 102 Å². The zero-order chi connectivity index (χ0) is 27.9. The van der Waals surface area contributed by atoms with Crippen molar-refractivity contribution in [1.29, 1.82) is 0 Å². The van der Waals surface area contributed by atoms with E-state index in [0.29, 0.717) is 29.6 Å². The molecule has 1 fully saturated rings. The van der Waals surface area contributed by atoms with Crippen molar-refractivity contribution in [2.75, 3.05) is 6.61 Å². The van der Waals surface area contributed by atoms with Crippen molar-refractivity contribution in [3.8, 4) is 17.2 Å². The molecule has 0 saturated heterocycles. The van der Waals surface area contributed by atoms with Crippen molar-refractivity contribution in [1.82, 2.24) is 0 Å². The zero-order valence-corrected chi connectivity index (χ0v) is 24.0. The Balaban J connectivity index is 1.37. The van der Waals surface area contributed by atoms with E-state index in [-0.39, 0.29) is 11.9 Å². The van der Waals surface area contributed by atoms with E-state index in [9.17, 15) is 9.59 Å². The topological polar surface area (TPSA) is 61.8 Å². The molecule has 1 atom stereocenters. The molecule has 5 nitrogen and oxygen atoms in total. The summed E-state index contributed by atoms with van der Waals surface area (Å²) in [6, 6.07) is 13.7. The van der Waals surface area contributed by atoms with Gasteiger partial charge in [-0.1, -0.05) is 65.0 Å². The maximum absolute atomic E-state index is 12.6. The molecule has 212 valence electrons. The van der Waals surface area contributed by atoms with Gasteiger partial charge in [0.15, 0.2) is 0 Å². The quantitative estimate of drug-likeness (QED) is 0.0987. The van der Waals surface area contributed by atoms with Gasteiger partial charge in [-0.2, -0.15) is 0 Å². The third kappa shape index (κ3) is 10.9. The number of carbonyl (C=O) groups excluding carboxylic acids is 2. The molecule has 39 heavy (non-hydrogen) atoms. The Labute approximate surface area is 234 Å². The minimum atomic E-state index is -0.443. The van der Waals surface area contributed by atoms with Crippen LogP contribution in [0.3, 0.4) is 0 Å². The van der Waals surface area contributed by atoms with Crippen molar-refractivity contribution in [3.63, 3.8) is 0 Å². The minimum absolute atomic E-state index is 0.0557. The van der Waals surface area contributed by atoms with Crippen LogP contribution in [0.5, 0.6) is 17.2 Å². The van der Waals surface area contributed by atoms with Gasteiger partial charge < -0.3 is 14.2 Å². The highest BCUT2D eigenvalue weighted by atomic mass is 16.5. The Morgan fingerprint density at radius 1 is 0.846 bits per heavy atom. The maximum Gasteiger partial charge on any atom is 0.343 e. The molecule has 2 aromatic rings. The fraction of sp³-hybridized carbons (Fsp3) is 0.529. The molecule has 1 aliphatic carbocycles. The SMILES string of the molecule is CCC/C=C/[C@H]1CC[C@H](C(=O)Oc2ccc(OC(=O)c3ccc(OCCCCC[C@@H](C)CC)cc3)cc2)CC1. The summed E-state index contributed by atoms with van der Waals surface area (Å²) >= 11 is 0. The number of esters is 2. The lowest BCUT2D eigenvalue weighted by molar-refractivity contribution is -0.140. The predicted octanol–water partition coefficient (Wildman–Crippen LogP) is 8.96. The molecule has 0 radical (unpaired) electrons. The summed E-state index contributed by atoms with van der Waals surface area (Å²) in [6.45, 7) is 7.40. The van der Waals surface area contributed by atoms with E-state index < -0.39 is 5.97 Å². The van der Waals surface area contributed by atoms with E-state index in [1.807, 2.05) is 0 Å². The summed E-state index contributed by atoms with van der Waals surface area (Å²) in [5, 5.41) is 0. The van der Waals surface area contributed by atoms with E-state index in [1.54, 1.807) is 48.5 Å². The van der Waals surface area contributed by atoms with Crippen molar-refractivity contribution in [2.45, 2.75) is 91.4 Å². The monoisotopic (exact) mass is 534 g/mol. The van der Waals surface area contributed by atoms with Gasteiger partial charge in [0.05, 0.1) is 18.1 Å². The molecule has 0 N–H and O–H groups in total. The van der Waals surface area contributed by atoms with Crippen LogP contribution in [0, 0.1) is 17.8 Å². The van der Waals surface area contributed by atoms with Crippen molar-refractivity contribution >= 4 is 11.9 Å². The van der Waals surface area contributed by atoms with Gasteiger partial charge >= 0.3 is 11.9 Å². The Hall–Kier alpha value is -3.08. The average molecular weight is 535 g/mol. The smallest absolute Gasteiger partial charge is 0.343 e. The number of carbonyl (C=O) groups is 2. The Morgan fingerprint density at radius 3 is 2.13 bits per heavy atom. The summed E-state index contributed by atoms with van der Waals surface area (Å²) < 4.78 is 16.9. The number of rotatable bonds is 15. The summed E-state index contributed by atoms with van der Waals surface area (Å²) in [5.41, 5.74) is 0.451. The lowest BCUT2D eigenvalue weighted by Gasteiger charge is -2.25. The number of unbranched alkanes of at least 4 members (excludes halogenated alkanes) is 3. The van der Waals surface area contributed by atoms with Crippen molar-refractivity contribution in [3.05, 3.63) is 66.2 Å². The van der Waals surface area contributed by atoms with Crippen LogP contribution in [-0.4, -0.2) is 18.5 Å². The van der Waals surface area contributed by atoms with Crippen LogP contribution >= 0.6 is 0 Å². The molecule has 0 heterocycles. The van der Waals surface area contributed by atoms with E-state index in [1.165, 1.54) is 25.7 Å². The van der Waals surface area contributed by atoms with E-state index in [4.69, 9.17) is 14.2 Å². The van der Waals surface area contributed by atoms with Gasteiger partial charge in [-0.3, -0.25) is 4.79 Å². The second-order valence-corrected chi connectivity index (χ2v) is 10.8. The molecule has 5 heteroatoms. The molecule has 3 rings (SSSR count). The van der Waals surface area contributed by atoms with E-state index in [2.05, 4.69) is 32.9 Å². The normalized spacial score (nSPS) is 18.0. The first kappa shape index (κ1) is 30.5. The second kappa shape index (κ2) is 16.8. The van der Waals surface area contributed by atoms with Crippen molar-refractivity contribution in [2.24, 2.45) is 17.8 Å². The van der Waals surface area contributed by atoms with E-state index in [0.717, 1.165) is 56.6 Å². The summed E-state index contributed by atoms with van der Waals surface area (Å²) in [6.07, 6.45) is 16.6. The minimum Gasteiger partial charge on any atom is -0.494 e. The highest BCUT2D eigenvalue weighted by molar-refractivity contribution is 5.91. The highest BCUT2D eigenvalue weighted by Gasteiger charge is 2.26. The van der Waals surface area contributed by atoms with Crippen LogP contribution in [0.4, 0.5) is 0 Å². The first-order valence-electron chi connectivity index (χ1n) is 14.9. The standard InChI is InChI=1S/C34H46O5/c1-4-6-8-12-27-13-15-28(16-14-27)33(35)38-31-21-23-32(24-22-31)39-34(36)29-17-19-30(20-18-29)37-25-10-7-9-11-26(3)5-2/h8,12,17-24,26-28H,4-7,9-11,13-16,25H2,1-3H3/b12-8+/t26-,27-,28-/m0/s1. The van der Waals surface area contributed by atoms with Gasteiger partial charge in [-0.15, -0.1) is 0 Å². The van der Waals surface area contributed by atoms with Gasteiger partial charge in [0.25, 0.3) is 0 Å². The predicted molar refractivity (Wildman–Crippen MR) is 156 cm³/mol. The largest absolute Gasteiger partial charge is 0.494 e. The molecule has 0 spiro atoms. The number of hydrogen-bond donors (Lipinski definition) is 0. The summed E-state index contributed by atoms with van der Waals surface area (Å²) in [7, 11) is 0. The Kier molecular flexibility index (Phi) is 13.1. The molecule has 0 aromatic heterocycles. The van der Waals surface area contributed by atoms with Crippen LogP contribution < -0.4 is 14.2 Å². The van der Waals surface area contributed by atoms with E-state index >= 15 is 0 Å². The Bertz CT molecular complexity index is 1020. The highest BCUT2D eigenvalue weighted by Crippen LogP contribution is 2.31. The molecule has 0 amide bonds.